The summed E-state index contributed by atoms with van der Waals surface area (Å²) >= 11 is 8.01. The van der Waals surface area contributed by atoms with Gasteiger partial charge in [-0.05, 0) is 42.7 Å². The molecule has 0 atom stereocenters. The molecule has 3 aromatic rings. The zero-order valence-electron chi connectivity index (χ0n) is 15.3. The molecule has 1 fully saturated rings. The first kappa shape index (κ1) is 17.9. The van der Waals surface area contributed by atoms with Gasteiger partial charge in [0.15, 0.2) is 16.7 Å². The summed E-state index contributed by atoms with van der Waals surface area (Å²) in [6, 6.07) is 12.6. The fourth-order valence-electron chi connectivity index (χ4n) is 3.17. The van der Waals surface area contributed by atoms with Crippen LogP contribution in [-0.2, 0) is 5.75 Å². The molecular weight excluding hydrogens is 394 g/mol. The lowest BCUT2D eigenvalue weighted by atomic mass is 10.2. The van der Waals surface area contributed by atoms with Crippen molar-refractivity contribution in [3.63, 3.8) is 0 Å². The van der Waals surface area contributed by atoms with Crippen LogP contribution in [0.25, 0.3) is 10.9 Å². The molecule has 2 aliphatic rings. The molecule has 1 N–H and O–H groups in total. The molecule has 0 radical (unpaired) electrons. The van der Waals surface area contributed by atoms with E-state index in [0.29, 0.717) is 35.8 Å². The van der Waals surface area contributed by atoms with E-state index >= 15 is 0 Å². The summed E-state index contributed by atoms with van der Waals surface area (Å²) in [6.07, 6.45) is 3.27. The third-order valence-electron chi connectivity index (χ3n) is 4.73. The minimum atomic E-state index is 0.539. The largest absolute Gasteiger partial charge is 0.489 e. The van der Waals surface area contributed by atoms with E-state index in [1.165, 1.54) is 12.8 Å². The molecular formula is C21H20ClN3O2S. The van der Waals surface area contributed by atoms with Crippen LogP contribution in [0.1, 0.15) is 24.8 Å². The number of hydrogen-bond donors (Lipinski definition) is 1. The summed E-state index contributed by atoms with van der Waals surface area (Å²) in [5.74, 6) is 2.99. The minimum absolute atomic E-state index is 0.539. The lowest BCUT2D eigenvalue weighted by molar-refractivity contribution is 0.297. The lowest BCUT2D eigenvalue weighted by Gasteiger charge is -2.12. The average Bonchev–Trinajstić information content (AvgIpc) is 3.53. The number of hydrogen-bond acceptors (Lipinski definition) is 6. The number of thioether (sulfide) groups is 1. The molecule has 0 unspecified atom stereocenters. The number of ether oxygens (including phenoxy) is 2. The minimum Gasteiger partial charge on any atom is -0.489 e. The molecule has 0 amide bonds. The van der Waals surface area contributed by atoms with E-state index in [0.717, 1.165) is 39.6 Å². The fraction of sp³-hybridized carbons (Fsp3) is 0.333. The van der Waals surface area contributed by atoms with Gasteiger partial charge in [0, 0.05) is 23.6 Å². The molecule has 5 nitrogen and oxygen atoms in total. The van der Waals surface area contributed by atoms with Crippen LogP contribution in [0.2, 0.25) is 5.02 Å². The maximum atomic E-state index is 6.41. The first-order valence-corrected chi connectivity index (χ1v) is 10.9. The molecule has 0 saturated heterocycles. The van der Waals surface area contributed by atoms with Gasteiger partial charge in [-0.15, -0.1) is 0 Å². The molecule has 1 aliphatic heterocycles. The highest BCUT2D eigenvalue weighted by atomic mass is 35.5. The Morgan fingerprint density at radius 3 is 2.86 bits per heavy atom. The van der Waals surface area contributed by atoms with Crippen molar-refractivity contribution in [3.8, 4) is 11.5 Å². The predicted molar refractivity (Wildman–Crippen MR) is 113 cm³/mol. The van der Waals surface area contributed by atoms with E-state index < -0.39 is 0 Å². The smallest absolute Gasteiger partial charge is 0.190 e. The Balaban J connectivity index is 1.40. The molecule has 2 heterocycles. The normalized spacial score (nSPS) is 16.0. The summed E-state index contributed by atoms with van der Waals surface area (Å²) in [6.45, 7) is 1.27. The second kappa shape index (κ2) is 7.68. The molecule has 1 saturated carbocycles. The number of nitrogens with zero attached hydrogens (tertiary/aromatic N) is 2. The van der Waals surface area contributed by atoms with Crippen molar-refractivity contribution in [2.45, 2.75) is 36.2 Å². The van der Waals surface area contributed by atoms with Crippen molar-refractivity contribution in [1.82, 2.24) is 9.97 Å². The SMILES string of the molecule is Clc1cc(CSc2nc(NC3CC3)c3ccccc3n2)cc2c1OCCCO2. The molecule has 1 aromatic heterocycles. The standard InChI is InChI=1S/C21H20ClN3O2S/c22-16-10-13(11-18-19(16)27-9-3-8-26-18)12-28-21-24-17-5-2-1-4-15(17)20(25-21)23-14-6-7-14/h1-2,4-5,10-11,14H,3,6-9,12H2,(H,23,24,25). The molecule has 0 spiro atoms. The first-order chi connectivity index (χ1) is 13.8. The van der Waals surface area contributed by atoms with E-state index in [-0.39, 0.29) is 0 Å². The second-order valence-corrected chi connectivity index (χ2v) is 8.38. The predicted octanol–water partition coefficient (Wildman–Crippen LogP) is 5.31. The van der Waals surface area contributed by atoms with E-state index in [1.807, 2.05) is 30.3 Å². The van der Waals surface area contributed by atoms with Crippen LogP contribution >= 0.6 is 23.4 Å². The van der Waals surface area contributed by atoms with E-state index in [1.54, 1.807) is 11.8 Å². The Kier molecular flexibility index (Phi) is 4.91. The van der Waals surface area contributed by atoms with Crippen molar-refractivity contribution in [2.75, 3.05) is 18.5 Å². The molecule has 0 bridgehead atoms. The molecule has 1 aliphatic carbocycles. The van der Waals surface area contributed by atoms with Crippen LogP contribution in [0, 0.1) is 0 Å². The van der Waals surface area contributed by atoms with Gasteiger partial charge in [-0.2, -0.15) is 0 Å². The van der Waals surface area contributed by atoms with Gasteiger partial charge >= 0.3 is 0 Å². The summed E-state index contributed by atoms with van der Waals surface area (Å²) < 4.78 is 11.5. The Bertz CT molecular complexity index is 1030. The van der Waals surface area contributed by atoms with Crippen LogP contribution in [0.5, 0.6) is 11.5 Å². The van der Waals surface area contributed by atoms with Crippen LogP contribution in [0.15, 0.2) is 41.6 Å². The summed E-state index contributed by atoms with van der Waals surface area (Å²) in [5, 5.41) is 5.94. The molecule has 28 heavy (non-hydrogen) atoms. The van der Waals surface area contributed by atoms with Crippen molar-refractivity contribution >= 4 is 40.1 Å². The van der Waals surface area contributed by atoms with Gasteiger partial charge in [-0.3, -0.25) is 0 Å². The molecule has 7 heteroatoms. The third kappa shape index (κ3) is 3.84. The highest BCUT2D eigenvalue weighted by Gasteiger charge is 2.23. The Morgan fingerprint density at radius 2 is 1.96 bits per heavy atom. The number of nitrogens with one attached hydrogen (secondary N) is 1. The van der Waals surface area contributed by atoms with E-state index in [9.17, 15) is 0 Å². The third-order valence-corrected chi connectivity index (χ3v) is 5.93. The van der Waals surface area contributed by atoms with Gasteiger partial charge in [0.1, 0.15) is 5.82 Å². The van der Waals surface area contributed by atoms with Gasteiger partial charge in [-0.1, -0.05) is 35.5 Å². The summed E-state index contributed by atoms with van der Waals surface area (Å²) in [7, 11) is 0. The van der Waals surface area contributed by atoms with E-state index in [2.05, 4.69) is 11.4 Å². The monoisotopic (exact) mass is 413 g/mol. The van der Waals surface area contributed by atoms with E-state index in [4.69, 9.17) is 31.0 Å². The van der Waals surface area contributed by atoms with Gasteiger partial charge in [-0.25, -0.2) is 9.97 Å². The number of aromatic nitrogens is 2. The van der Waals surface area contributed by atoms with Crippen molar-refractivity contribution < 1.29 is 9.47 Å². The maximum Gasteiger partial charge on any atom is 0.190 e. The van der Waals surface area contributed by atoms with Crippen molar-refractivity contribution in [3.05, 3.63) is 47.0 Å². The maximum absolute atomic E-state index is 6.41. The summed E-state index contributed by atoms with van der Waals surface area (Å²) in [4.78, 5) is 9.50. The quantitative estimate of drug-likeness (QED) is 0.451. The van der Waals surface area contributed by atoms with Crippen LogP contribution < -0.4 is 14.8 Å². The van der Waals surface area contributed by atoms with Gasteiger partial charge in [0.2, 0.25) is 0 Å². The van der Waals surface area contributed by atoms with Gasteiger partial charge in [0.25, 0.3) is 0 Å². The zero-order valence-corrected chi connectivity index (χ0v) is 16.9. The number of para-hydroxylation sites is 1. The second-order valence-electron chi connectivity index (χ2n) is 7.03. The number of fused-ring (bicyclic) bond motifs is 2. The highest BCUT2D eigenvalue weighted by Crippen LogP contribution is 2.39. The van der Waals surface area contributed by atoms with Crippen molar-refractivity contribution in [2.24, 2.45) is 0 Å². The molecule has 2 aromatic carbocycles. The Morgan fingerprint density at radius 1 is 1.11 bits per heavy atom. The first-order valence-electron chi connectivity index (χ1n) is 9.50. The summed E-state index contributed by atoms with van der Waals surface area (Å²) in [5.41, 5.74) is 2.02. The van der Waals surface area contributed by atoms with Gasteiger partial charge < -0.3 is 14.8 Å². The highest BCUT2D eigenvalue weighted by molar-refractivity contribution is 7.98. The average molecular weight is 414 g/mol. The number of halogens is 1. The van der Waals surface area contributed by atoms with Crippen LogP contribution in [0.4, 0.5) is 5.82 Å². The lowest BCUT2D eigenvalue weighted by Crippen LogP contribution is -2.05. The van der Waals surface area contributed by atoms with Crippen LogP contribution in [-0.4, -0.2) is 29.2 Å². The zero-order chi connectivity index (χ0) is 18.9. The molecule has 5 rings (SSSR count). The van der Waals surface area contributed by atoms with Crippen molar-refractivity contribution in [1.29, 1.82) is 0 Å². The van der Waals surface area contributed by atoms with Gasteiger partial charge in [0.05, 0.1) is 23.8 Å². The Hall–Kier alpha value is -2.18. The topological polar surface area (TPSA) is 56.3 Å². The fourth-order valence-corrected chi connectivity index (χ4v) is 4.24. The Labute approximate surface area is 172 Å². The number of rotatable bonds is 5. The molecule has 144 valence electrons. The number of benzene rings is 2. The number of anilines is 1. The van der Waals surface area contributed by atoms with Crippen LogP contribution in [0.3, 0.4) is 0 Å².